The van der Waals surface area contributed by atoms with Crippen molar-refractivity contribution in [1.82, 2.24) is 46.0 Å². The molecule has 3 aromatic carbocycles. The smallest absolute Gasteiger partial charge is 0.258 e. The molecule has 4 atom stereocenters. The summed E-state index contributed by atoms with van der Waals surface area (Å²) >= 11 is 1.47. The number of ether oxygens (including phenoxy) is 1. The molecule has 2 saturated heterocycles. The van der Waals surface area contributed by atoms with Crippen LogP contribution in [-0.4, -0.2) is 128 Å². The number of H-pyrrole nitrogens is 1. The second-order valence-electron chi connectivity index (χ2n) is 21.9. The number of aromatic amines is 1. The molecule has 1 saturated carbocycles. The molecule has 2 aromatic heterocycles. The van der Waals surface area contributed by atoms with Crippen molar-refractivity contribution in [3.05, 3.63) is 94.4 Å². The van der Waals surface area contributed by atoms with Gasteiger partial charge in [-0.25, -0.2) is 14.4 Å². The summed E-state index contributed by atoms with van der Waals surface area (Å²) in [7, 11) is 0. The molecule has 4 heterocycles. The van der Waals surface area contributed by atoms with Crippen molar-refractivity contribution in [3.63, 3.8) is 0 Å². The van der Waals surface area contributed by atoms with Crippen LogP contribution in [0, 0.1) is 12.3 Å². The molecule has 77 heavy (non-hydrogen) atoms. The molecule has 0 spiro atoms. The van der Waals surface area contributed by atoms with Gasteiger partial charge in [0.1, 0.15) is 23.7 Å². The van der Waals surface area contributed by atoms with Crippen LogP contribution >= 0.6 is 11.3 Å². The van der Waals surface area contributed by atoms with Crippen molar-refractivity contribution < 1.29 is 43.0 Å². The topological polar surface area (TPSA) is 240 Å². The number of alkyl halides is 1. The third-order valence-electron chi connectivity index (χ3n) is 14.7. The summed E-state index contributed by atoms with van der Waals surface area (Å²) in [5.41, 5.74) is 4.47. The quantitative estimate of drug-likeness (QED) is 0.0307. The Morgan fingerprint density at radius 1 is 0.909 bits per heavy atom. The number of carbonyl (C=O) groups excluding carboxylic acids is 6. The summed E-state index contributed by atoms with van der Waals surface area (Å²) in [4.78, 5) is 96.4. The molecule has 8 rings (SSSR count). The number of aromatic nitrogens is 3. The Labute approximate surface area is 453 Å². The zero-order valence-corrected chi connectivity index (χ0v) is 45.6. The van der Waals surface area contributed by atoms with Crippen molar-refractivity contribution >= 4 is 63.5 Å². The molecule has 6 amide bonds. The van der Waals surface area contributed by atoms with Crippen molar-refractivity contribution in [2.24, 2.45) is 5.41 Å². The minimum atomic E-state index is -1.99. The second kappa shape index (κ2) is 25.1. The van der Waals surface area contributed by atoms with Gasteiger partial charge in [-0.05, 0) is 118 Å². The summed E-state index contributed by atoms with van der Waals surface area (Å²) in [6.07, 6.45) is 6.98. The average Bonchev–Trinajstić information content (AvgIpc) is 3.83. The summed E-state index contributed by atoms with van der Waals surface area (Å²) in [5.74, 6) is -1.42. The lowest BCUT2D eigenvalue weighted by Crippen LogP contribution is -2.59. The number of hydrogen-bond acceptors (Lipinski definition) is 12. The number of anilines is 1. The minimum Gasteiger partial charge on any atom is -0.483 e. The van der Waals surface area contributed by atoms with Crippen molar-refractivity contribution in [3.8, 4) is 16.2 Å². The summed E-state index contributed by atoms with van der Waals surface area (Å²) in [5, 5.41) is 24.9. The number of halogens is 1. The average molecular weight is 1080 g/mol. The molecule has 2 aliphatic heterocycles. The Kier molecular flexibility index (Phi) is 18.4. The van der Waals surface area contributed by atoms with E-state index < -0.39 is 47.0 Å². The van der Waals surface area contributed by atoms with Gasteiger partial charge in [-0.15, -0.1) is 11.3 Å². The number of thiazole rings is 1. The number of aryl methyl sites for hydroxylation is 1. The first kappa shape index (κ1) is 56.4. The molecule has 3 aliphatic rings. The van der Waals surface area contributed by atoms with Gasteiger partial charge < -0.3 is 46.3 Å². The highest BCUT2D eigenvalue weighted by molar-refractivity contribution is 7.13. The van der Waals surface area contributed by atoms with Gasteiger partial charge in [0.15, 0.2) is 12.3 Å². The highest BCUT2D eigenvalue weighted by Crippen LogP contribution is 2.41. The highest BCUT2D eigenvalue weighted by atomic mass is 32.1. The van der Waals surface area contributed by atoms with E-state index in [4.69, 9.17) is 9.72 Å². The number of rotatable bonds is 24. The van der Waals surface area contributed by atoms with Crippen LogP contribution in [0.15, 0.2) is 66.2 Å². The Morgan fingerprint density at radius 2 is 1.61 bits per heavy atom. The first-order valence-corrected chi connectivity index (χ1v) is 27.8. The van der Waals surface area contributed by atoms with Gasteiger partial charge in [0.25, 0.3) is 23.6 Å². The highest BCUT2D eigenvalue weighted by Gasteiger charge is 2.53. The van der Waals surface area contributed by atoms with Gasteiger partial charge in [-0.1, -0.05) is 58.6 Å². The van der Waals surface area contributed by atoms with E-state index in [1.54, 1.807) is 62.7 Å². The van der Waals surface area contributed by atoms with E-state index >= 15 is 0 Å². The second-order valence-corrected chi connectivity index (χ2v) is 22.7. The number of likely N-dealkylation sites (tertiary alicyclic amines) is 2. The molecule has 20 heteroatoms. The molecule has 1 aliphatic carbocycles. The van der Waals surface area contributed by atoms with Gasteiger partial charge in [0.2, 0.25) is 11.8 Å². The van der Waals surface area contributed by atoms with Crippen molar-refractivity contribution in [2.45, 2.75) is 148 Å². The number of nitrogens with one attached hydrogen (secondary N) is 6. The molecule has 0 unspecified atom stereocenters. The summed E-state index contributed by atoms with van der Waals surface area (Å²) in [6, 6.07) is 16.1. The standard InChI is InChI=1S/C57H73FN10O8S/c1-35-13-12-26-67(35)32-47-64-43-21-20-41(28-44(43)65-47)63-52(72)38-16-14-37(15-17-38)51(71)60-25-11-9-7-6-8-10-24-59-48(70)33-76-46-27-39(49-36(2)62-34-77-49)18-19-40(46)30-61-53(73)45-29-42(69)31-68(45)54(74)50(56(3,4)5)66-55(75)57(58)22-23-57/h14-21,27-28,34-35,42,45,50,69H,6-13,22-26,29-33H2,1-5H3,(H,59,70)(H,60,71)(H,61,73)(H,63,72)(H,64,65)(H,66,75)/t35-,42+,45-,50+/m0/s1. The Morgan fingerprint density at radius 3 is 2.27 bits per heavy atom. The molecule has 18 nitrogen and oxygen atoms in total. The number of hydrogen-bond donors (Lipinski definition) is 7. The van der Waals surface area contributed by atoms with Crippen LogP contribution in [-0.2, 0) is 32.3 Å². The Hall–Kier alpha value is -6.77. The normalized spacial score (nSPS) is 18.4. The molecule has 0 bridgehead atoms. The van der Waals surface area contributed by atoms with E-state index in [9.17, 15) is 38.3 Å². The number of benzene rings is 3. The van der Waals surface area contributed by atoms with Crippen LogP contribution in [0.5, 0.6) is 5.75 Å². The number of unbranched alkanes of at least 4 members (excludes halogenated alkanes) is 5. The first-order valence-electron chi connectivity index (χ1n) is 27.0. The number of imidazole rings is 1. The number of fused-ring (bicyclic) bond motifs is 1. The van der Waals surface area contributed by atoms with Crippen molar-refractivity contribution in [2.75, 3.05) is 38.1 Å². The van der Waals surface area contributed by atoms with Crippen LogP contribution in [0.3, 0.4) is 0 Å². The van der Waals surface area contributed by atoms with E-state index in [2.05, 4.69) is 48.4 Å². The van der Waals surface area contributed by atoms with Gasteiger partial charge in [-0.2, -0.15) is 0 Å². The molecule has 3 fully saturated rings. The number of amides is 6. The fourth-order valence-corrected chi connectivity index (χ4v) is 10.7. The monoisotopic (exact) mass is 1080 g/mol. The van der Waals surface area contributed by atoms with Crippen LogP contribution in [0.4, 0.5) is 10.1 Å². The number of nitrogens with zero attached hydrogens (tertiary/aromatic N) is 4. The van der Waals surface area contributed by atoms with Crippen LogP contribution in [0.2, 0.25) is 0 Å². The fourth-order valence-electron chi connectivity index (χ4n) is 9.87. The lowest BCUT2D eigenvalue weighted by Gasteiger charge is -2.35. The number of β-amino-alcohol motifs (C(OH)–C–C–N with tert-alkyl or cyclic N) is 1. The largest absolute Gasteiger partial charge is 0.483 e. The third kappa shape index (κ3) is 14.8. The maximum atomic E-state index is 14.7. The van der Waals surface area contributed by atoms with Crippen LogP contribution in [0.25, 0.3) is 21.5 Å². The van der Waals surface area contributed by atoms with Crippen molar-refractivity contribution in [1.29, 1.82) is 0 Å². The van der Waals surface area contributed by atoms with Gasteiger partial charge >= 0.3 is 0 Å². The minimum absolute atomic E-state index is 0.00986. The third-order valence-corrected chi connectivity index (χ3v) is 15.7. The predicted octanol–water partition coefficient (Wildman–Crippen LogP) is 7.11. The fraction of sp³-hybridized carbons (Fsp3) is 0.509. The zero-order valence-electron chi connectivity index (χ0n) is 44.8. The Balaban J connectivity index is 0.722. The van der Waals surface area contributed by atoms with Gasteiger partial charge in [0.05, 0.1) is 39.8 Å². The van der Waals surface area contributed by atoms with E-state index in [0.717, 1.165) is 84.6 Å². The van der Waals surface area contributed by atoms with Crippen LogP contribution < -0.4 is 31.3 Å². The van der Waals surface area contributed by atoms with Gasteiger partial charge in [0, 0.05) is 61.0 Å². The maximum Gasteiger partial charge on any atom is 0.258 e. The predicted molar refractivity (Wildman–Crippen MR) is 293 cm³/mol. The van der Waals surface area contributed by atoms with E-state index in [1.165, 1.54) is 29.1 Å². The molecular formula is C57H73FN10O8S. The van der Waals surface area contributed by atoms with E-state index in [0.29, 0.717) is 47.3 Å². The summed E-state index contributed by atoms with van der Waals surface area (Å²) < 4.78 is 20.7. The van der Waals surface area contributed by atoms with Crippen LogP contribution in [0.1, 0.15) is 136 Å². The lowest BCUT2D eigenvalue weighted by atomic mass is 9.85. The summed E-state index contributed by atoms with van der Waals surface area (Å²) in [6.45, 7) is 11.8. The maximum absolute atomic E-state index is 14.7. The Bertz CT molecular complexity index is 2920. The molecular weight excluding hydrogens is 1000 g/mol. The number of aliphatic hydroxyl groups excluding tert-OH is 1. The SMILES string of the molecule is Cc1ncsc1-c1ccc(CNC(=O)[C@@H]2C[C@@H](O)CN2C(=O)[C@@H](NC(=O)C2(F)CC2)C(C)(C)C)c(OCC(=O)NCCCCCCCCNC(=O)c2ccc(C(=O)Nc3ccc4nc(CN5CCC[C@@H]5C)[nH]c4c3)cc2)c1. The number of aliphatic hydroxyl groups is 1. The molecule has 5 aromatic rings. The zero-order chi connectivity index (χ0) is 54.9. The van der Waals surface area contributed by atoms with Gasteiger partial charge in [-0.3, -0.25) is 33.7 Å². The lowest BCUT2D eigenvalue weighted by molar-refractivity contribution is -0.145. The first-order chi connectivity index (χ1) is 36.8. The number of carbonyl (C=O) groups is 6. The van der Waals surface area contributed by atoms with E-state index in [1.807, 2.05) is 31.2 Å². The molecule has 412 valence electrons. The van der Waals surface area contributed by atoms with E-state index in [-0.39, 0.29) is 56.7 Å². The molecule has 0 radical (unpaired) electrons. The molecule has 7 N–H and O–H groups in total.